The Kier molecular flexibility index (Phi) is 3.83. The number of hydrogen-bond acceptors (Lipinski definition) is 4. The highest BCUT2D eigenvalue weighted by atomic mass is 16.2. The van der Waals surface area contributed by atoms with Gasteiger partial charge in [-0.05, 0) is 20.8 Å². The molecule has 0 spiro atoms. The first-order chi connectivity index (χ1) is 5.84. The molecule has 0 aromatic rings. The van der Waals surface area contributed by atoms with E-state index in [1.54, 1.807) is 33.2 Å². The van der Waals surface area contributed by atoms with Crippen LogP contribution >= 0.6 is 0 Å². The van der Waals surface area contributed by atoms with Crippen LogP contribution in [-0.4, -0.2) is 29.4 Å². The minimum absolute atomic E-state index is 0.474. The Bertz CT molecular complexity index is 209. The van der Waals surface area contributed by atoms with Crippen LogP contribution in [0.1, 0.15) is 20.8 Å². The Labute approximate surface area is 77.4 Å². The lowest BCUT2D eigenvalue weighted by molar-refractivity contribution is -0.151. The third kappa shape index (κ3) is 3.00. The fraction of sp³-hybridized carbons (Fsp3) is 0.714. The topological polar surface area (TPSA) is 87.5 Å². The van der Waals surface area contributed by atoms with Gasteiger partial charge in [0, 0.05) is 7.05 Å². The molecule has 6 nitrogen and oxygen atoms in total. The Morgan fingerprint density at radius 2 is 1.77 bits per heavy atom. The summed E-state index contributed by atoms with van der Waals surface area (Å²) < 4.78 is 0. The SMILES string of the molecule is CNN(C(=O)C(=O)NN)C(C)(C)C. The number of nitrogens with one attached hydrogen (secondary N) is 2. The fourth-order valence-corrected chi connectivity index (χ4v) is 0.905. The molecule has 0 unspecified atom stereocenters. The third-order valence-electron chi connectivity index (χ3n) is 1.42. The van der Waals surface area contributed by atoms with Gasteiger partial charge in [0.1, 0.15) is 0 Å². The van der Waals surface area contributed by atoms with Crippen molar-refractivity contribution >= 4 is 11.8 Å². The molecule has 0 saturated heterocycles. The van der Waals surface area contributed by atoms with Crippen molar-refractivity contribution in [1.29, 1.82) is 0 Å². The van der Waals surface area contributed by atoms with E-state index in [9.17, 15) is 9.59 Å². The molecule has 0 heterocycles. The third-order valence-corrected chi connectivity index (χ3v) is 1.42. The van der Waals surface area contributed by atoms with Crippen LogP contribution in [0.4, 0.5) is 0 Å². The highest BCUT2D eigenvalue weighted by Gasteiger charge is 2.29. The molecule has 13 heavy (non-hydrogen) atoms. The van der Waals surface area contributed by atoms with Crippen molar-refractivity contribution in [1.82, 2.24) is 15.9 Å². The summed E-state index contributed by atoms with van der Waals surface area (Å²) in [7, 11) is 1.56. The van der Waals surface area contributed by atoms with Gasteiger partial charge in [-0.15, -0.1) is 0 Å². The first kappa shape index (κ1) is 11.9. The average Bonchev–Trinajstić information content (AvgIpc) is 2.01. The van der Waals surface area contributed by atoms with Gasteiger partial charge in [0.15, 0.2) is 0 Å². The molecule has 0 saturated carbocycles. The molecule has 76 valence electrons. The molecule has 0 aromatic carbocycles. The maximum Gasteiger partial charge on any atom is 0.327 e. The molecule has 0 bridgehead atoms. The first-order valence-electron chi connectivity index (χ1n) is 3.87. The molecule has 0 aliphatic heterocycles. The number of amides is 2. The van der Waals surface area contributed by atoms with Gasteiger partial charge in [-0.2, -0.15) is 0 Å². The van der Waals surface area contributed by atoms with E-state index in [4.69, 9.17) is 5.84 Å². The number of hydrazine groups is 2. The zero-order valence-electron chi connectivity index (χ0n) is 8.34. The number of hydrogen-bond donors (Lipinski definition) is 3. The van der Waals surface area contributed by atoms with Gasteiger partial charge in [0.25, 0.3) is 0 Å². The molecular weight excluding hydrogens is 172 g/mol. The van der Waals surface area contributed by atoms with Crippen molar-refractivity contribution in [3.63, 3.8) is 0 Å². The van der Waals surface area contributed by atoms with E-state index in [0.29, 0.717) is 0 Å². The monoisotopic (exact) mass is 188 g/mol. The Balaban J connectivity index is 4.61. The molecule has 6 heteroatoms. The van der Waals surface area contributed by atoms with Gasteiger partial charge in [0.05, 0.1) is 5.54 Å². The highest BCUT2D eigenvalue weighted by Crippen LogP contribution is 2.09. The summed E-state index contributed by atoms with van der Waals surface area (Å²) in [6, 6.07) is 0. The Hall–Kier alpha value is -1.14. The molecule has 0 aliphatic rings. The summed E-state index contributed by atoms with van der Waals surface area (Å²) in [5.41, 5.74) is 3.93. The van der Waals surface area contributed by atoms with Gasteiger partial charge >= 0.3 is 11.8 Å². The van der Waals surface area contributed by atoms with Crippen LogP contribution in [0.2, 0.25) is 0 Å². The van der Waals surface area contributed by atoms with Crippen molar-refractivity contribution in [3.8, 4) is 0 Å². The zero-order valence-corrected chi connectivity index (χ0v) is 8.34. The molecule has 0 aliphatic carbocycles. The van der Waals surface area contributed by atoms with Crippen molar-refractivity contribution in [2.75, 3.05) is 7.05 Å². The molecule has 4 N–H and O–H groups in total. The largest absolute Gasteiger partial charge is 0.327 e. The maximum absolute atomic E-state index is 11.3. The second-order valence-corrected chi connectivity index (χ2v) is 3.51. The minimum atomic E-state index is -0.843. The average molecular weight is 188 g/mol. The lowest BCUT2D eigenvalue weighted by Crippen LogP contribution is -2.57. The summed E-state index contributed by atoms with van der Waals surface area (Å²) in [5, 5.41) is 1.20. The van der Waals surface area contributed by atoms with E-state index in [2.05, 4.69) is 5.43 Å². The zero-order chi connectivity index (χ0) is 10.6. The van der Waals surface area contributed by atoms with E-state index in [0.717, 1.165) is 0 Å². The predicted octanol–water partition coefficient (Wildman–Crippen LogP) is -1.26. The molecule has 0 radical (unpaired) electrons. The van der Waals surface area contributed by atoms with Crippen LogP contribution in [0.15, 0.2) is 0 Å². The summed E-state index contributed by atoms with van der Waals surface area (Å²) in [6.07, 6.45) is 0. The van der Waals surface area contributed by atoms with Gasteiger partial charge in [-0.1, -0.05) is 0 Å². The molecule has 0 atom stereocenters. The first-order valence-corrected chi connectivity index (χ1v) is 3.87. The molecule has 2 amide bonds. The summed E-state index contributed by atoms with van der Waals surface area (Å²) in [4.78, 5) is 22.2. The second kappa shape index (κ2) is 4.20. The summed E-state index contributed by atoms with van der Waals surface area (Å²) >= 11 is 0. The van der Waals surface area contributed by atoms with Crippen LogP contribution in [0.25, 0.3) is 0 Å². The summed E-state index contributed by atoms with van der Waals surface area (Å²) in [6.45, 7) is 5.39. The van der Waals surface area contributed by atoms with Crippen molar-refractivity contribution in [2.24, 2.45) is 5.84 Å². The number of nitrogens with two attached hydrogens (primary N) is 1. The Morgan fingerprint density at radius 1 is 1.31 bits per heavy atom. The Morgan fingerprint density at radius 3 is 2.00 bits per heavy atom. The van der Waals surface area contributed by atoms with Gasteiger partial charge in [0.2, 0.25) is 0 Å². The van der Waals surface area contributed by atoms with E-state index in [1.807, 2.05) is 0 Å². The lowest BCUT2D eigenvalue weighted by Gasteiger charge is -2.33. The number of nitrogens with zero attached hydrogens (tertiary/aromatic N) is 1. The van der Waals surface area contributed by atoms with Crippen LogP contribution in [0.5, 0.6) is 0 Å². The summed E-state index contributed by atoms with van der Waals surface area (Å²) in [5.74, 6) is 3.28. The quantitative estimate of drug-likeness (QED) is 0.207. The van der Waals surface area contributed by atoms with E-state index >= 15 is 0 Å². The van der Waals surface area contributed by atoms with Crippen molar-refractivity contribution < 1.29 is 9.59 Å². The number of carbonyl (C=O) groups excluding carboxylic acids is 2. The number of carbonyl (C=O) groups is 2. The van der Waals surface area contributed by atoms with Crippen LogP contribution in [-0.2, 0) is 9.59 Å². The van der Waals surface area contributed by atoms with Gasteiger partial charge < -0.3 is 0 Å². The molecule has 0 aromatic heterocycles. The number of rotatable bonds is 1. The fourth-order valence-electron chi connectivity index (χ4n) is 0.905. The van der Waals surface area contributed by atoms with Crippen molar-refractivity contribution in [2.45, 2.75) is 26.3 Å². The normalized spacial score (nSPS) is 10.8. The van der Waals surface area contributed by atoms with Crippen LogP contribution < -0.4 is 16.7 Å². The van der Waals surface area contributed by atoms with Crippen LogP contribution in [0.3, 0.4) is 0 Å². The molecule has 0 rings (SSSR count). The maximum atomic E-state index is 11.3. The minimum Gasteiger partial charge on any atom is -0.286 e. The predicted molar refractivity (Wildman–Crippen MR) is 48.0 cm³/mol. The van der Waals surface area contributed by atoms with Crippen molar-refractivity contribution in [3.05, 3.63) is 0 Å². The highest BCUT2D eigenvalue weighted by molar-refractivity contribution is 6.34. The standard InChI is InChI=1S/C7H16N4O2/c1-7(2,3)11(9-4)6(13)5(12)10-8/h9H,8H2,1-4H3,(H,10,12). The molecule has 0 fully saturated rings. The van der Waals surface area contributed by atoms with E-state index in [-0.39, 0.29) is 0 Å². The molecular formula is C7H16N4O2. The van der Waals surface area contributed by atoms with Crippen LogP contribution in [0, 0.1) is 0 Å². The van der Waals surface area contributed by atoms with Gasteiger partial charge in [-0.3, -0.25) is 20.0 Å². The second-order valence-electron chi connectivity index (χ2n) is 3.51. The smallest absolute Gasteiger partial charge is 0.286 e. The van der Waals surface area contributed by atoms with E-state index < -0.39 is 17.4 Å². The lowest BCUT2D eigenvalue weighted by atomic mass is 10.1. The van der Waals surface area contributed by atoms with Gasteiger partial charge in [-0.25, -0.2) is 11.3 Å². The van der Waals surface area contributed by atoms with E-state index in [1.165, 1.54) is 5.01 Å².